The van der Waals surface area contributed by atoms with Gasteiger partial charge in [0.25, 0.3) is 10.0 Å². The Balaban J connectivity index is 2.06. The fourth-order valence-electron chi connectivity index (χ4n) is 3.95. The van der Waals surface area contributed by atoms with Crippen LogP contribution in [0.2, 0.25) is 0 Å². The van der Waals surface area contributed by atoms with E-state index in [1.807, 2.05) is 0 Å². The molecule has 0 spiro atoms. The van der Waals surface area contributed by atoms with Crippen LogP contribution in [0.1, 0.15) is 12.5 Å². The maximum absolute atomic E-state index is 13.8. The molecule has 11 heteroatoms. The van der Waals surface area contributed by atoms with Crippen LogP contribution in [0.15, 0.2) is 77.7 Å². The van der Waals surface area contributed by atoms with E-state index in [1.54, 1.807) is 62.6 Å². The third-order valence-corrected chi connectivity index (χ3v) is 7.98. The van der Waals surface area contributed by atoms with Gasteiger partial charge in [0, 0.05) is 19.7 Å². The summed E-state index contributed by atoms with van der Waals surface area (Å²) in [5.74, 6) is 0.379. The van der Waals surface area contributed by atoms with Crippen molar-refractivity contribution in [2.45, 2.75) is 24.4 Å². The molecule has 1 N–H and O–H groups in total. The van der Waals surface area contributed by atoms with Crippen molar-refractivity contribution in [2.75, 3.05) is 39.2 Å². The summed E-state index contributed by atoms with van der Waals surface area (Å²) in [5, 5.41) is 2.56. The molecule has 3 aromatic carbocycles. The maximum atomic E-state index is 13.8. The Morgan fingerprint density at radius 3 is 2.08 bits per heavy atom. The number of nitrogens with one attached hydrogen (secondary N) is 1. The first-order chi connectivity index (χ1) is 18.7. The molecule has 2 amide bonds. The molecule has 0 aliphatic heterocycles. The van der Waals surface area contributed by atoms with Crippen LogP contribution in [-0.2, 0) is 26.2 Å². The fraction of sp³-hybridized carbons (Fsp3) is 0.286. The van der Waals surface area contributed by atoms with E-state index in [2.05, 4.69) is 5.32 Å². The van der Waals surface area contributed by atoms with Crippen molar-refractivity contribution in [3.8, 4) is 17.2 Å². The Bertz CT molecular complexity index is 1380. The van der Waals surface area contributed by atoms with Crippen molar-refractivity contribution >= 4 is 27.5 Å². The maximum Gasteiger partial charge on any atom is 0.264 e. The normalized spacial score (nSPS) is 11.7. The Morgan fingerprint density at radius 2 is 1.51 bits per heavy atom. The van der Waals surface area contributed by atoms with Crippen molar-refractivity contribution in [3.63, 3.8) is 0 Å². The molecular weight excluding hydrogens is 522 g/mol. The Kier molecular flexibility index (Phi) is 9.78. The molecule has 0 unspecified atom stereocenters. The molecule has 0 aliphatic rings. The van der Waals surface area contributed by atoms with Gasteiger partial charge in [-0.1, -0.05) is 30.3 Å². The molecule has 208 valence electrons. The number of carbonyl (C=O) groups excluding carboxylic acids is 2. The molecule has 1 atom stereocenters. The highest BCUT2D eigenvalue weighted by molar-refractivity contribution is 7.92. The van der Waals surface area contributed by atoms with Gasteiger partial charge in [-0.25, -0.2) is 8.42 Å². The summed E-state index contributed by atoms with van der Waals surface area (Å²) in [7, 11) is 1.74. The summed E-state index contributed by atoms with van der Waals surface area (Å²) in [5.41, 5.74) is 0.935. The third-order valence-electron chi connectivity index (χ3n) is 6.19. The second-order valence-corrected chi connectivity index (χ2v) is 10.4. The number of benzene rings is 3. The number of anilines is 1. The van der Waals surface area contributed by atoms with Crippen molar-refractivity contribution in [2.24, 2.45) is 0 Å². The minimum Gasteiger partial charge on any atom is -0.497 e. The molecule has 0 bridgehead atoms. The van der Waals surface area contributed by atoms with Gasteiger partial charge in [-0.3, -0.25) is 13.9 Å². The van der Waals surface area contributed by atoms with Crippen LogP contribution in [0.4, 0.5) is 5.69 Å². The lowest BCUT2D eigenvalue weighted by Gasteiger charge is -2.32. The largest absolute Gasteiger partial charge is 0.497 e. The van der Waals surface area contributed by atoms with Crippen LogP contribution in [0, 0.1) is 0 Å². The van der Waals surface area contributed by atoms with Crippen LogP contribution >= 0.6 is 0 Å². The number of ether oxygens (including phenoxy) is 3. The molecule has 0 fully saturated rings. The SMILES string of the molecule is CNC(=O)[C@H](C)N(Cc1ccc(OC)cc1)C(=O)CN(c1ccc(OC)c(OC)c1)S(=O)(=O)c1ccccc1. The van der Waals surface area contributed by atoms with Gasteiger partial charge in [0.15, 0.2) is 11.5 Å². The van der Waals surface area contributed by atoms with E-state index in [0.29, 0.717) is 17.2 Å². The van der Waals surface area contributed by atoms with Crippen molar-refractivity contribution in [3.05, 3.63) is 78.4 Å². The minimum atomic E-state index is -4.19. The standard InChI is InChI=1S/C28H33N3O7S/c1-20(28(33)29-2)30(18-21-11-14-23(36-3)15-12-21)27(32)19-31(39(34,35)24-9-7-6-8-10-24)22-13-16-25(37-4)26(17-22)38-5/h6-17,20H,18-19H2,1-5H3,(H,29,33)/t20-/m0/s1. The summed E-state index contributed by atoms with van der Waals surface area (Å²) < 4.78 is 44.5. The van der Waals surface area contributed by atoms with Crippen LogP contribution in [-0.4, -0.2) is 66.1 Å². The number of carbonyl (C=O) groups is 2. The number of likely N-dealkylation sites (N-methyl/N-ethyl adjacent to an activating group) is 1. The number of rotatable bonds is 12. The van der Waals surface area contributed by atoms with Gasteiger partial charge in [-0.2, -0.15) is 0 Å². The number of methoxy groups -OCH3 is 3. The van der Waals surface area contributed by atoms with E-state index < -0.39 is 28.5 Å². The van der Waals surface area contributed by atoms with Gasteiger partial charge in [0.2, 0.25) is 11.8 Å². The van der Waals surface area contributed by atoms with E-state index in [9.17, 15) is 18.0 Å². The smallest absolute Gasteiger partial charge is 0.264 e. The molecule has 0 radical (unpaired) electrons. The van der Waals surface area contributed by atoms with Crippen LogP contribution in [0.25, 0.3) is 0 Å². The summed E-state index contributed by atoms with van der Waals surface area (Å²) in [4.78, 5) is 27.8. The van der Waals surface area contributed by atoms with Gasteiger partial charge in [0.05, 0.1) is 31.9 Å². The molecule has 0 aliphatic carbocycles. The molecule has 3 rings (SSSR count). The van der Waals surface area contributed by atoms with Crippen molar-refractivity contribution in [1.29, 1.82) is 0 Å². The Labute approximate surface area is 229 Å². The Hall–Kier alpha value is -4.25. The molecule has 39 heavy (non-hydrogen) atoms. The molecule has 10 nitrogen and oxygen atoms in total. The van der Waals surface area contributed by atoms with Crippen LogP contribution in [0.3, 0.4) is 0 Å². The first kappa shape index (κ1) is 29.3. The molecule has 0 heterocycles. The number of nitrogens with zero attached hydrogens (tertiary/aromatic N) is 2. The number of amides is 2. The average Bonchev–Trinajstić information content (AvgIpc) is 2.97. The van der Waals surface area contributed by atoms with Gasteiger partial charge >= 0.3 is 0 Å². The third kappa shape index (κ3) is 6.80. The fourth-order valence-corrected chi connectivity index (χ4v) is 5.37. The molecule has 0 saturated heterocycles. The highest BCUT2D eigenvalue weighted by atomic mass is 32.2. The van der Waals surface area contributed by atoms with E-state index in [-0.39, 0.29) is 23.0 Å². The van der Waals surface area contributed by atoms with Crippen molar-refractivity contribution in [1.82, 2.24) is 10.2 Å². The number of hydrogen-bond acceptors (Lipinski definition) is 7. The summed E-state index contributed by atoms with van der Waals surface area (Å²) >= 11 is 0. The predicted octanol–water partition coefficient (Wildman–Crippen LogP) is 3.07. The monoisotopic (exact) mass is 555 g/mol. The summed E-state index contributed by atoms with van der Waals surface area (Å²) in [6.45, 7) is 1.10. The second-order valence-electron chi connectivity index (χ2n) is 8.52. The first-order valence-electron chi connectivity index (χ1n) is 12.1. The Morgan fingerprint density at radius 1 is 0.872 bits per heavy atom. The zero-order valence-electron chi connectivity index (χ0n) is 22.6. The quantitative estimate of drug-likeness (QED) is 0.365. The summed E-state index contributed by atoms with van der Waals surface area (Å²) in [6, 6.07) is 18.6. The molecular formula is C28H33N3O7S. The van der Waals surface area contributed by atoms with Gasteiger partial charge in [0.1, 0.15) is 18.3 Å². The highest BCUT2D eigenvalue weighted by Crippen LogP contribution is 2.34. The molecule has 0 aromatic heterocycles. The average molecular weight is 556 g/mol. The number of hydrogen-bond donors (Lipinski definition) is 1. The second kappa shape index (κ2) is 13.0. The lowest BCUT2D eigenvalue weighted by molar-refractivity contribution is -0.139. The van der Waals surface area contributed by atoms with Crippen LogP contribution in [0.5, 0.6) is 17.2 Å². The van der Waals surface area contributed by atoms with Gasteiger partial charge in [-0.05, 0) is 48.9 Å². The zero-order chi connectivity index (χ0) is 28.6. The van der Waals surface area contributed by atoms with E-state index in [4.69, 9.17) is 14.2 Å². The lowest BCUT2D eigenvalue weighted by Crippen LogP contribution is -2.50. The highest BCUT2D eigenvalue weighted by Gasteiger charge is 2.32. The first-order valence-corrected chi connectivity index (χ1v) is 13.5. The van der Waals surface area contributed by atoms with Gasteiger partial charge in [-0.15, -0.1) is 0 Å². The summed E-state index contributed by atoms with van der Waals surface area (Å²) in [6.07, 6.45) is 0. The zero-order valence-corrected chi connectivity index (χ0v) is 23.4. The van der Waals surface area contributed by atoms with E-state index in [1.165, 1.54) is 50.4 Å². The minimum absolute atomic E-state index is 0.00800. The van der Waals surface area contributed by atoms with E-state index in [0.717, 1.165) is 9.87 Å². The molecule has 0 saturated carbocycles. The number of sulfonamides is 1. The molecule has 3 aromatic rings. The lowest BCUT2D eigenvalue weighted by atomic mass is 10.1. The topological polar surface area (TPSA) is 114 Å². The van der Waals surface area contributed by atoms with E-state index >= 15 is 0 Å². The van der Waals surface area contributed by atoms with Crippen LogP contribution < -0.4 is 23.8 Å². The van der Waals surface area contributed by atoms with Crippen molar-refractivity contribution < 1.29 is 32.2 Å². The van der Waals surface area contributed by atoms with Gasteiger partial charge < -0.3 is 24.4 Å². The predicted molar refractivity (Wildman–Crippen MR) is 148 cm³/mol.